The molecule has 2 saturated heterocycles. The summed E-state index contributed by atoms with van der Waals surface area (Å²) in [6.07, 6.45) is 0.360. The lowest BCUT2D eigenvalue weighted by Gasteiger charge is -2.37. The summed E-state index contributed by atoms with van der Waals surface area (Å²) in [5, 5.41) is 8.99. The van der Waals surface area contributed by atoms with Crippen molar-refractivity contribution in [3.63, 3.8) is 0 Å². The Morgan fingerprint density at radius 3 is 2.62 bits per heavy atom. The first-order valence-corrected chi connectivity index (χ1v) is 9.32. The van der Waals surface area contributed by atoms with Crippen LogP contribution in [0.25, 0.3) is 0 Å². The maximum absolute atomic E-state index is 12.7. The van der Waals surface area contributed by atoms with Crippen LogP contribution < -0.4 is 0 Å². The lowest BCUT2D eigenvalue weighted by molar-refractivity contribution is -0.146. The van der Waals surface area contributed by atoms with Crippen LogP contribution in [0.15, 0.2) is 0 Å². The third-order valence-electron chi connectivity index (χ3n) is 3.71. The molecule has 8 heteroatoms. The highest BCUT2D eigenvalue weighted by Crippen LogP contribution is 2.26. The Balaban J connectivity index is 2.09. The summed E-state index contributed by atoms with van der Waals surface area (Å²) in [6, 6.07) is -0.695. The van der Waals surface area contributed by atoms with Crippen molar-refractivity contribution in [1.29, 1.82) is 0 Å². The molecule has 0 spiro atoms. The average Bonchev–Trinajstić information content (AvgIpc) is 2.95. The van der Waals surface area contributed by atoms with Crippen LogP contribution in [0, 0.1) is 0 Å². The summed E-state index contributed by atoms with van der Waals surface area (Å²) in [5.41, 5.74) is 0. The van der Waals surface area contributed by atoms with E-state index >= 15 is 0 Å². The van der Waals surface area contributed by atoms with Crippen LogP contribution in [0.4, 0.5) is 0 Å². The smallest absolute Gasteiger partial charge is 0.305 e. The molecule has 118 valence electrons. The molecular formula is C13H20N2O4S2. The van der Waals surface area contributed by atoms with Gasteiger partial charge in [-0.3, -0.25) is 14.4 Å². The van der Waals surface area contributed by atoms with Gasteiger partial charge in [-0.05, 0) is 0 Å². The van der Waals surface area contributed by atoms with E-state index in [1.807, 2.05) is 0 Å². The van der Waals surface area contributed by atoms with Crippen LogP contribution in [-0.2, 0) is 14.4 Å². The van der Waals surface area contributed by atoms with Crippen molar-refractivity contribution < 1.29 is 19.5 Å². The molecule has 0 aliphatic carbocycles. The fourth-order valence-electron chi connectivity index (χ4n) is 2.60. The van der Waals surface area contributed by atoms with Crippen LogP contribution in [0.2, 0.25) is 0 Å². The van der Waals surface area contributed by atoms with Gasteiger partial charge in [-0.1, -0.05) is 6.92 Å². The summed E-state index contributed by atoms with van der Waals surface area (Å²) >= 11 is 3.25. The van der Waals surface area contributed by atoms with Gasteiger partial charge >= 0.3 is 5.97 Å². The lowest BCUT2D eigenvalue weighted by Crippen LogP contribution is -2.55. The van der Waals surface area contributed by atoms with Crippen LogP contribution >= 0.6 is 23.5 Å². The fourth-order valence-corrected chi connectivity index (χ4v) is 4.84. The Hall–Kier alpha value is -0.890. The van der Waals surface area contributed by atoms with Crippen molar-refractivity contribution in [1.82, 2.24) is 9.80 Å². The molecule has 2 heterocycles. The van der Waals surface area contributed by atoms with Gasteiger partial charge in [0.15, 0.2) is 0 Å². The quantitative estimate of drug-likeness (QED) is 0.817. The minimum Gasteiger partial charge on any atom is -0.481 e. The van der Waals surface area contributed by atoms with Crippen molar-refractivity contribution in [3.8, 4) is 0 Å². The van der Waals surface area contributed by atoms with Crippen molar-refractivity contribution in [2.24, 2.45) is 0 Å². The van der Waals surface area contributed by atoms with E-state index in [1.165, 1.54) is 0 Å². The van der Waals surface area contributed by atoms with E-state index in [-0.39, 0.29) is 24.3 Å². The third kappa shape index (κ3) is 3.85. The van der Waals surface area contributed by atoms with Crippen molar-refractivity contribution >= 4 is 41.3 Å². The first-order valence-electron chi connectivity index (χ1n) is 7.01. The lowest BCUT2D eigenvalue weighted by atomic mass is 10.1. The largest absolute Gasteiger partial charge is 0.481 e. The highest BCUT2D eigenvalue weighted by Gasteiger charge is 2.39. The fraction of sp³-hybridized carbons (Fsp3) is 0.769. The Labute approximate surface area is 132 Å². The van der Waals surface area contributed by atoms with Gasteiger partial charge in [0, 0.05) is 30.2 Å². The first kappa shape index (κ1) is 16.5. The first-order chi connectivity index (χ1) is 10.0. The van der Waals surface area contributed by atoms with Gasteiger partial charge in [-0.25, -0.2) is 0 Å². The zero-order chi connectivity index (χ0) is 15.4. The number of rotatable bonds is 4. The van der Waals surface area contributed by atoms with Crippen LogP contribution in [-0.4, -0.2) is 74.5 Å². The number of hydrogen-bond acceptors (Lipinski definition) is 5. The van der Waals surface area contributed by atoms with Crippen LogP contribution in [0.1, 0.15) is 19.8 Å². The van der Waals surface area contributed by atoms with Gasteiger partial charge in [0.25, 0.3) is 0 Å². The second kappa shape index (κ2) is 7.40. The zero-order valence-corrected chi connectivity index (χ0v) is 13.6. The summed E-state index contributed by atoms with van der Waals surface area (Å²) < 4.78 is 0. The number of thioether (sulfide) groups is 2. The van der Waals surface area contributed by atoms with E-state index in [9.17, 15) is 14.4 Å². The van der Waals surface area contributed by atoms with E-state index in [0.29, 0.717) is 30.3 Å². The van der Waals surface area contributed by atoms with E-state index in [1.54, 1.807) is 40.2 Å². The molecule has 2 aliphatic rings. The molecule has 0 aromatic carbocycles. The second-order valence-corrected chi connectivity index (χ2v) is 7.24. The van der Waals surface area contributed by atoms with E-state index in [0.717, 1.165) is 5.75 Å². The van der Waals surface area contributed by atoms with E-state index in [4.69, 9.17) is 5.11 Å². The number of hydrogen-bond donors (Lipinski definition) is 1. The number of carboxylic acid groups (broad SMARTS) is 1. The second-order valence-electron chi connectivity index (χ2n) is 5.09. The Bertz CT molecular complexity index is 432. The van der Waals surface area contributed by atoms with Gasteiger partial charge in [0.1, 0.15) is 6.04 Å². The molecule has 0 radical (unpaired) electrons. The third-order valence-corrected chi connectivity index (χ3v) is 5.81. The van der Waals surface area contributed by atoms with Gasteiger partial charge in [-0.15, -0.1) is 11.8 Å². The number of aliphatic carboxylic acids is 1. The Kier molecular flexibility index (Phi) is 5.80. The van der Waals surface area contributed by atoms with Crippen LogP contribution in [0.3, 0.4) is 0 Å². The summed E-state index contributed by atoms with van der Waals surface area (Å²) in [4.78, 5) is 38.9. The maximum atomic E-state index is 12.7. The molecule has 0 aromatic heterocycles. The highest BCUT2D eigenvalue weighted by molar-refractivity contribution is 7.99. The van der Waals surface area contributed by atoms with Crippen molar-refractivity contribution in [3.05, 3.63) is 0 Å². The predicted molar refractivity (Wildman–Crippen MR) is 83.3 cm³/mol. The molecule has 21 heavy (non-hydrogen) atoms. The molecule has 2 aliphatic heterocycles. The molecule has 0 bridgehead atoms. The molecule has 6 nitrogen and oxygen atoms in total. The normalized spacial score (nSPS) is 26.0. The number of carbonyl (C=O) groups excluding carboxylic acids is 2. The molecule has 0 saturated carbocycles. The maximum Gasteiger partial charge on any atom is 0.305 e. The van der Waals surface area contributed by atoms with E-state index in [2.05, 4.69) is 0 Å². The van der Waals surface area contributed by atoms with Crippen LogP contribution in [0.5, 0.6) is 0 Å². The number of carboxylic acids is 1. The van der Waals surface area contributed by atoms with Crippen molar-refractivity contribution in [2.75, 3.05) is 29.7 Å². The van der Waals surface area contributed by atoms with Gasteiger partial charge in [-0.2, -0.15) is 11.8 Å². The zero-order valence-electron chi connectivity index (χ0n) is 12.0. The SMILES string of the molecule is CCC(=O)N1CSCC1C(=O)N1CCSCC1CC(=O)O. The van der Waals surface area contributed by atoms with Gasteiger partial charge in [0.2, 0.25) is 11.8 Å². The highest BCUT2D eigenvalue weighted by atomic mass is 32.2. The Morgan fingerprint density at radius 2 is 1.95 bits per heavy atom. The molecule has 2 rings (SSSR count). The summed E-state index contributed by atoms with van der Waals surface area (Å²) in [7, 11) is 0. The van der Waals surface area contributed by atoms with E-state index < -0.39 is 12.0 Å². The average molecular weight is 332 g/mol. The molecule has 2 fully saturated rings. The predicted octanol–water partition coefficient (Wildman–Crippen LogP) is 0.717. The number of nitrogens with zero attached hydrogens (tertiary/aromatic N) is 2. The molecule has 2 unspecified atom stereocenters. The minimum atomic E-state index is -0.886. The summed E-state index contributed by atoms with van der Waals surface area (Å²) in [5.74, 6) is 1.64. The standard InChI is InChI=1S/C13H20N2O4S2/c1-2-11(16)15-8-21-7-10(15)13(19)14-3-4-20-6-9(14)5-12(17)18/h9-10H,2-8H2,1H3,(H,17,18). The molecule has 1 N–H and O–H groups in total. The molecule has 0 aromatic rings. The monoisotopic (exact) mass is 332 g/mol. The van der Waals surface area contributed by atoms with Gasteiger partial charge < -0.3 is 14.9 Å². The Morgan fingerprint density at radius 1 is 1.19 bits per heavy atom. The van der Waals surface area contributed by atoms with Crippen molar-refractivity contribution in [2.45, 2.75) is 31.8 Å². The number of amides is 2. The minimum absolute atomic E-state index is 0.0143. The van der Waals surface area contributed by atoms with Gasteiger partial charge in [0.05, 0.1) is 18.3 Å². The molecular weight excluding hydrogens is 312 g/mol. The number of carbonyl (C=O) groups is 3. The topological polar surface area (TPSA) is 77.9 Å². The molecule has 2 amide bonds. The molecule has 2 atom stereocenters. The summed E-state index contributed by atoms with van der Waals surface area (Å²) in [6.45, 7) is 2.36.